The second-order valence-corrected chi connectivity index (χ2v) is 5.71. The van der Waals surface area contributed by atoms with Crippen molar-refractivity contribution in [2.45, 2.75) is 39.8 Å². The lowest BCUT2D eigenvalue weighted by Gasteiger charge is -2.26. The molecule has 0 aromatic carbocycles. The molecule has 0 spiro atoms. The molecule has 0 aromatic heterocycles. The Bertz CT molecular complexity index is 530. The van der Waals surface area contributed by atoms with Crippen molar-refractivity contribution in [2.24, 2.45) is 9.98 Å². The first-order valence-electron chi connectivity index (χ1n) is 6.15. The molecule has 0 atom stereocenters. The van der Waals surface area contributed by atoms with Crippen LogP contribution in [-0.2, 0) is 9.59 Å². The molecule has 0 unspecified atom stereocenters. The van der Waals surface area contributed by atoms with E-state index in [-0.39, 0.29) is 28.2 Å². The van der Waals surface area contributed by atoms with Crippen LogP contribution in [0, 0.1) is 0 Å². The second-order valence-electron chi connectivity index (χ2n) is 4.99. The maximum Gasteiger partial charge on any atom is 0.318 e. The van der Waals surface area contributed by atoms with Gasteiger partial charge in [-0.05, 0) is 27.7 Å². The van der Waals surface area contributed by atoms with Gasteiger partial charge in [0.25, 0.3) is 0 Å². The molecule has 2 aliphatic heterocycles. The van der Waals surface area contributed by atoms with Crippen LogP contribution in [-0.4, -0.2) is 44.0 Å². The van der Waals surface area contributed by atoms with Crippen LogP contribution in [0.3, 0.4) is 0 Å². The predicted molar refractivity (Wildman–Crippen MR) is 77.6 cm³/mol. The van der Waals surface area contributed by atoms with Gasteiger partial charge in [0, 0.05) is 12.1 Å². The fraction of sp³-hybridized carbons (Fsp3) is 0.500. The molecule has 2 rings (SSSR count). The molecule has 0 aromatic rings. The first-order chi connectivity index (χ1) is 9.25. The highest BCUT2D eigenvalue weighted by molar-refractivity contribution is 7.01. The largest absolute Gasteiger partial charge is 0.318 e. The number of nitrogens with zero attached hydrogens (tertiary/aromatic N) is 4. The topological polar surface area (TPSA) is 65.3 Å². The van der Waals surface area contributed by atoms with Gasteiger partial charge in [0.1, 0.15) is 0 Å². The highest BCUT2D eigenvalue weighted by atomic mass is 35.5. The molecule has 2 aliphatic rings. The molecule has 1 saturated heterocycles. The highest BCUT2D eigenvalue weighted by Crippen LogP contribution is 2.31. The number of rotatable bonds is 2. The lowest BCUT2D eigenvalue weighted by Crippen LogP contribution is -2.34. The molecule has 8 heteroatoms. The van der Waals surface area contributed by atoms with E-state index in [9.17, 15) is 9.59 Å². The highest BCUT2D eigenvalue weighted by Gasteiger charge is 2.46. The van der Waals surface area contributed by atoms with Crippen LogP contribution in [0.1, 0.15) is 27.7 Å². The van der Waals surface area contributed by atoms with Crippen molar-refractivity contribution in [1.29, 1.82) is 0 Å². The van der Waals surface area contributed by atoms with Gasteiger partial charge < -0.3 is 0 Å². The molecule has 108 valence electrons. The number of carbonyl (C=O) groups excluding carboxylic acids is 2. The van der Waals surface area contributed by atoms with E-state index in [1.165, 1.54) is 9.80 Å². The Morgan fingerprint density at radius 2 is 1.20 bits per heavy atom. The summed E-state index contributed by atoms with van der Waals surface area (Å²) >= 11 is 11.6. The average Bonchev–Trinajstić information content (AvgIpc) is 2.79. The monoisotopic (exact) mass is 316 g/mol. The summed E-state index contributed by atoms with van der Waals surface area (Å²) in [4.78, 5) is 35.0. The smallest absolute Gasteiger partial charge is 0.284 e. The third-order valence-electron chi connectivity index (χ3n) is 2.89. The summed E-state index contributed by atoms with van der Waals surface area (Å²) in [5.74, 6) is -0.679. The van der Waals surface area contributed by atoms with Crippen molar-refractivity contribution in [3.63, 3.8) is 0 Å². The van der Waals surface area contributed by atoms with E-state index < -0.39 is 11.8 Å². The van der Waals surface area contributed by atoms with Gasteiger partial charge in [0.2, 0.25) is 0 Å². The minimum Gasteiger partial charge on any atom is -0.284 e. The molecular weight excluding hydrogens is 303 g/mol. The average molecular weight is 317 g/mol. The summed E-state index contributed by atoms with van der Waals surface area (Å²) in [5, 5.41) is 0.0988. The summed E-state index contributed by atoms with van der Waals surface area (Å²) < 4.78 is 0. The summed E-state index contributed by atoms with van der Waals surface area (Å²) in [5.41, 5.74) is 0. The minimum atomic E-state index is -0.597. The third-order valence-corrected chi connectivity index (χ3v) is 3.51. The Hall–Kier alpha value is -1.40. The van der Waals surface area contributed by atoms with Gasteiger partial charge in [0.05, 0.1) is 0 Å². The van der Waals surface area contributed by atoms with Gasteiger partial charge in [-0.1, -0.05) is 23.2 Å². The lowest BCUT2D eigenvalue weighted by atomic mass is 10.3. The van der Waals surface area contributed by atoms with Gasteiger partial charge in [-0.25, -0.2) is 9.98 Å². The van der Waals surface area contributed by atoms with Crippen LogP contribution < -0.4 is 0 Å². The standard InChI is InChI=1S/C12H14Cl2N4O2/c1-5(2)17-10(9-15-7(13)8(14)16-9)18(6(3)4)12(20)11(17)19/h5-6H,1-4H3. The van der Waals surface area contributed by atoms with Crippen molar-refractivity contribution in [3.05, 3.63) is 11.6 Å². The van der Waals surface area contributed by atoms with Gasteiger partial charge in [-0.15, -0.1) is 0 Å². The molecule has 1 fully saturated rings. The Labute approximate surface area is 126 Å². The summed E-state index contributed by atoms with van der Waals surface area (Å²) in [6.45, 7) is 7.23. The van der Waals surface area contributed by atoms with Gasteiger partial charge >= 0.3 is 11.8 Å². The normalized spacial score (nSPS) is 19.8. The minimum absolute atomic E-state index is 0.0494. The summed E-state index contributed by atoms with van der Waals surface area (Å²) in [6.07, 6.45) is 0. The summed E-state index contributed by atoms with van der Waals surface area (Å²) in [6, 6.07) is -0.414. The number of carbonyl (C=O) groups is 2. The Morgan fingerprint density at radius 1 is 0.850 bits per heavy atom. The van der Waals surface area contributed by atoms with Crippen LogP contribution in [0.2, 0.25) is 0 Å². The van der Waals surface area contributed by atoms with E-state index in [1.54, 1.807) is 27.7 Å². The van der Waals surface area contributed by atoms with Crippen molar-refractivity contribution >= 4 is 45.4 Å². The molecule has 0 bridgehead atoms. The van der Waals surface area contributed by atoms with Gasteiger partial charge in [-0.3, -0.25) is 19.4 Å². The Morgan fingerprint density at radius 3 is 1.50 bits per heavy atom. The van der Waals surface area contributed by atoms with E-state index in [0.717, 1.165) is 0 Å². The molecule has 2 heterocycles. The van der Waals surface area contributed by atoms with Crippen molar-refractivity contribution in [3.8, 4) is 0 Å². The van der Waals surface area contributed by atoms with Crippen LogP contribution in [0.25, 0.3) is 0 Å². The van der Waals surface area contributed by atoms with Crippen LogP contribution >= 0.6 is 23.2 Å². The Kier molecular flexibility index (Phi) is 3.88. The molecule has 6 nitrogen and oxygen atoms in total. The lowest BCUT2D eigenvalue weighted by molar-refractivity contribution is -0.144. The first-order valence-corrected chi connectivity index (χ1v) is 6.91. The van der Waals surface area contributed by atoms with E-state index in [4.69, 9.17) is 23.2 Å². The van der Waals surface area contributed by atoms with E-state index in [1.807, 2.05) is 0 Å². The number of hydrogen-bond acceptors (Lipinski definition) is 4. The number of amides is 2. The zero-order valence-electron chi connectivity index (χ0n) is 11.5. The molecule has 20 heavy (non-hydrogen) atoms. The quantitative estimate of drug-likeness (QED) is 0.730. The SMILES string of the molecule is CC(C)N1C(=O)C(=O)N(C(C)C)C1=C1N=C(Cl)C(Cl)=N1. The van der Waals surface area contributed by atoms with Crippen LogP contribution in [0.5, 0.6) is 0 Å². The maximum atomic E-state index is 12.1. The van der Waals surface area contributed by atoms with Crippen molar-refractivity contribution in [1.82, 2.24) is 9.80 Å². The number of aliphatic imine (C=N–C) groups is 2. The van der Waals surface area contributed by atoms with Crippen molar-refractivity contribution in [2.75, 3.05) is 0 Å². The number of halogens is 2. The third kappa shape index (κ3) is 2.23. The van der Waals surface area contributed by atoms with E-state index >= 15 is 0 Å². The summed E-state index contributed by atoms with van der Waals surface area (Å²) in [7, 11) is 0. The predicted octanol–water partition coefficient (Wildman–Crippen LogP) is 1.89. The second kappa shape index (κ2) is 5.18. The Balaban J connectivity index is 2.65. The van der Waals surface area contributed by atoms with Crippen LogP contribution in [0.15, 0.2) is 21.6 Å². The maximum absolute atomic E-state index is 12.1. The van der Waals surface area contributed by atoms with E-state index in [0.29, 0.717) is 5.82 Å². The molecule has 0 radical (unpaired) electrons. The molecular formula is C12H14Cl2N4O2. The van der Waals surface area contributed by atoms with E-state index in [2.05, 4.69) is 9.98 Å². The zero-order chi connectivity index (χ0) is 15.2. The van der Waals surface area contributed by atoms with Crippen molar-refractivity contribution < 1.29 is 9.59 Å². The van der Waals surface area contributed by atoms with Gasteiger partial charge in [-0.2, -0.15) is 0 Å². The molecule has 0 saturated carbocycles. The molecule has 0 N–H and O–H groups in total. The zero-order valence-corrected chi connectivity index (χ0v) is 13.0. The fourth-order valence-electron chi connectivity index (χ4n) is 2.09. The molecule has 2 amide bonds. The number of hydrogen-bond donors (Lipinski definition) is 0. The van der Waals surface area contributed by atoms with Crippen LogP contribution in [0.4, 0.5) is 0 Å². The van der Waals surface area contributed by atoms with Gasteiger partial charge in [0.15, 0.2) is 22.0 Å². The molecule has 0 aliphatic carbocycles. The first kappa shape index (κ1) is 15.0. The fourth-order valence-corrected chi connectivity index (χ4v) is 2.34.